The molecule has 0 saturated carbocycles. The van der Waals surface area contributed by atoms with Crippen LogP contribution in [-0.4, -0.2) is 12.7 Å². The molecule has 0 atom stereocenters. The summed E-state index contributed by atoms with van der Waals surface area (Å²) in [5.74, 6) is 0. The molecule has 1 amide bonds. The van der Waals surface area contributed by atoms with Gasteiger partial charge >= 0.3 is 6.09 Å². The predicted molar refractivity (Wildman–Crippen MR) is 79.0 cm³/mol. The van der Waals surface area contributed by atoms with Crippen molar-refractivity contribution >= 4 is 11.7 Å². The van der Waals surface area contributed by atoms with Crippen molar-refractivity contribution in [3.05, 3.63) is 42.0 Å². The smallest absolute Gasteiger partial charge is 0.407 e. The summed E-state index contributed by atoms with van der Waals surface area (Å²) < 4.78 is 5.06. The molecule has 1 rings (SSSR count). The number of ether oxygens (including phenoxy) is 1. The molecule has 0 saturated heterocycles. The summed E-state index contributed by atoms with van der Waals surface area (Å²) in [4.78, 5) is 11.7. The van der Waals surface area contributed by atoms with E-state index in [0.717, 1.165) is 23.1 Å². The van der Waals surface area contributed by atoms with Gasteiger partial charge in [-0.3, -0.25) is 0 Å². The van der Waals surface area contributed by atoms with E-state index in [4.69, 9.17) is 4.74 Å². The van der Waals surface area contributed by atoms with Crippen LogP contribution in [0.3, 0.4) is 0 Å². The molecule has 0 radical (unpaired) electrons. The average molecular weight is 261 g/mol. The number of carbonyl (C=O) groups is 1. The number of rotatable bonds is 5. The van der Waals surface area contributed by atoms with Crippen LogP contribution in [0.15, 0.2) is 30.8 Å². The normalized spacial score (nSPS) is 10.9. The van der Waals surface area contributed by atoms with Crippen LogP contribution in [0.5, 0.6) is 0 Å². The number of alkyl carbamates (subject to hydrolysis) is 1. The molecule has 1 aromatic carbocycles. The minimum atomic E-state index is -0.476. The van der Waals surface area contributed by atoms with Crippen LogP contribution >= 0.6 is 0 Å². The van der Waals surface area contributed by atoms with E-state index in [1.165, 1.54) is 0 Å². The van der Waals surface area contributed by atoms with E-state index in [1.807, 2.05) is 52.0 Å². The number of allylic oxidation sites excluding steroid dienone is 1. The van der Waals surface area contributed by atoms with Crippen molar-refractivity contribution in [2.75, 3.05) is 6.61 Å². The highest BCUT2D eigenvalue weighted by molar-refractivity contribution is 5.69. The van der Waals surface area contributed by atoms with Gasteiger partial charge in [-0.05, 0) is 44.4 Å². The maximum Gasteiger partial charge on any atom is 0.407 e. The van der Waals surface area contributed by atoms with Gasteiger partial charge in [-0.15, -0.1) is 0 Å². The van der Waals surface area contributed by atoms with Crippen molar-refractivity contribution in [2.45, 2.75) is 39.7 Å². The Hall–Kier alpha value is -1.77. The van der Waals surface area contributed by atoms with Crippen LogP contribution in [-0.2, 0) is 10.3 Å². The van der Waals surface area contributed by atoms with Gasteiger partial charge in [0.05, 0.1) is 12.1 Å². The molecule has 3 nitrogen and oxygen atoms in total. The third kappa shape index (κ3) is 4.43. The Morgan fingerprint density at radius 2 is 2.11 bits per heavy atom. The van der Waals surface area contributed by atoms with Crippen LogP contribution in [0, 0.1) is 0 Å². The summed E-state index contributed by atoms with van der Waals surface area (Å²) in [5, 5.41) is 2.88. The summed E-state index contributed by atoms with van der Waals surface area (Å²) in [6.45, 7) is 12.2. The molecule has 3 heteroatoms. The maximum atomic E-state index is 11.7. The van der Waals surface area contributed by atoms with E-state index >= 15 is 0 Å². The zero-order valence-electron chi connectivity index (χ0n) is 12.2. The largest absolute Gasteiger partial charge is 0.450 e. The monoisotopic (exact) mass is 261 g/mol. The summed E-state index contributed by atoms with van der Waals surface area (Å²) in [5.41, 5.74) is 2.64. The molecule has 0 aliphatic carbocycles. The van der Waals surface area contributed by atoms with Gasteiger partial charge in [0.1, 0.15) is 0 Å². The zero-order valence-corrected chi connectivity index (χ0v) is 12.2. The minimum Gasteiger partial charge on any atom is -0.450 e. The molecule has 0 heterocycles. The van der Waals surface area contributed by atoms with Crippen molar-refractivity contribution in [1.82, 2.24) is 5.32 Å². The van der Waals surface area contributed by atoms with Gasteiger partial charge in [0, 0.05) is 0 Å². The van der Waals surface area contributed by atoms with Gasteiger partial charge in [0.15, 0.2) is 0 Å². The molecular weight excluding hydrogens is 238 g/mol. The fourth-order valence-corrected chi connectivity index (χ4v) is 1.73. The fourth-order valence-electron chi connectivity index (χ4n) is 1.73. The fraction of sp³-hybridized carbons (Fsp3) is 0.438. The quantitative estimate of drug-likeness (QED) is 0.867. The summed E-state index contributed by atoms with van der Waals surface area (Å²) >= 11 is 0. The topological polar surface area (TPSA) is 38.3 Å². The van der Waals surface area contributed by atoms with Crippen molar-refractivity contribution in [3.63, 3.8) is 0 Å². The highest BCUT2D eigenvalue weighted by Gasteiger charge is 2.23. The van der Waals surface area contributed by atoms with Gasteiger partial charge in [-0.25, -0.2) is 4.79 Å². The Morgan fingerprint density at radius 1 is 1.42 bits per heavy atom. The lowest BCUT2D eigenvalue weighted by molar-refractivity contribution is 0.136. The molecule has 0 unspecified atom stereocenters. The minimum absolute atomic E-state index is 0.382. The third-order valence-corrected chi connectivity index (χ3v) is 2.93. The van der Waals surface area contributed by atoms with Crippen molar-refractivity contribution in [1.29, 1.82) is 0 Å². The molecule has 0 bridgehead atoms. The van der Waals surface area contributed by atoms with E-state index in [-0.39, 0.29) is 6.09 Å². The Kier molecular flexibility index (Phi) is 5.16. The first-order valence-corrected chi connectivity index (χ1v) is 6.58. The lowest BCUT2D eigenvalue weighted by atomic mass is 9.92. The van der Waals surface area contributed by atoms with Gasteiger partial charge in [-0.2, -0.15) is 0 Å². The average Bonchev–Trinajstić information content (AvgIpc) is 2.36. The Bertz CT molecular complexity index is 464. The van der Waals surface area contributed by atoms with E-state index in [2.05, 4.69) is 11.9 Å². The van der Waals surface area contributed by atoms with Gasteiger partial charge in [0.25, 0.3) is 0 Å². The molecule has 0 spiro atoms. The SMILES string of the molecule is C=C(C)c1cccc(C(C)(C)NC(=O)OCCC)c1. The first-order chi connectivity index (χ1) is 8.86. The first kappa shape index (κ1) is 15.3. The number of hydrogen-bond acceptors (Lipinski definition) is 2. The molecule has 104 valence electrons. The number of hydrogen-bond donors (Lipinski definition) is 1. The zero-order chi connectivity index (χ0) is 14.5. The summed E-state index contributed by atoms with van der Waals surface area (Å²) in [6, 6.07) is 8.02. The number of carbonyl (C=O) groups excluding carboxylic acids is 1. The van der Waals surface area contributed by atoms with Gasteiger partial charge < -0.3 is 10.1 Å². The molecule has 0 aromatic heterocycles. The van der Waals surface area contributed by atoms with Crippen LogP contribution in [0.2, 0.25) is 0 Å². The molecular formula is C16H23NO2. The molecule has 1 N–H and O–H groups in total. The summed E-state index contributed by atoms with van der Waals surface area (Å²) in [7, 11) is 0. The van der Waals surface area contributed by atoms with Crippen LogP contribution in [0.1, 0.15) is 45.2 Å². The van der Waals surface area contributed by atoms with Gasteiger partial charge in [0.2, 0.25) is 0 Å². The number of nitrogens with one attached hydrogen (secondary N) is 1. The Morgan fingerprint density at radius 3 is 2.68 bits per heavy atom. The second-order valence-electron chi connectivity index (χ2n) is 5.25. The second kappa shape index (κ2) is 6.41. The number of amides is 1. The highest BCUT2D eigenvalue weighted by atomic mass is 16.5. The number of benzene rings is 1. The van der Waals surface area contributed by atoms with E-state index in [9.17, 15) is 4.79 Å². The Balaban J connectivity index is 2.84. The van der Waals surface area contributed by atoms with Crippen molar-refractivity contribution in [3.8, 4) is 0 Å². The molecule has 0 fully saturated rings. The molecule has 0 aliphatic rings. The maximum absolute atomic E-state index is 11.7. The lowest BCUT2D eigenvalue weighted by Crippen LogP contribution is -2.41. The molecule has 1 aromatic rings. The first-order valence-electron chi connectivity index (χ1n) is 6.58. The highest BCUT2D eigenvalue weighted by Crippen LogP contribution is 2.23. The standard InChI is InChI=1S/C16H23NO2/c1-6-10-19-15(18)17-16(4,5)14-9-7-8-13(11-14)12(2)3/h7-9,11H,2,6,10H2,1,3-5H3,(H,17,18). The van der Waals surface area contributed by atoms with Crippen LogP contribution < -0.4 is 5.32 Å². The van der Waals surface area contributed by atoms with E-state index in [1.54, 1.807) is 0 Å². The van der Waals surface area contributed by atoms with Crippen molar-refractivity contribution in [2.24, 2.45) is 0 Å². The van der Waals surface area contributed by atoms with Gasteiger partial charge in [-0.1, -0.05) is 37.3 Å². The molecule has 0 aliphatic heterocycles. The summed E-state index contributed by atoms with van der Waals surface area (Å²) in [6.07, 6.45) is 0.437. The lowest BCUT2D eigenvalue weighted by Gasteiger charge is -2.27. The van der Waals surface area contributed by atoms with E-state index in [0.29, 0.717) is 6.61 Å². The predicted octanol–water partition coefficient (Wildman–Crippen LogP) is 4.09. The third-order valence-electron chi connectivity index (χ3n) is 2.93. The van der Waals surface area contributed by atoms with Crippen molar-refractivity contribution < 1.29 is 9.53 Å². The second-order valence-corrected chi connectivity index (χ2v) is 5.25. The molecule has 19 heavy (non-hydrogen) atoms. The van der Waals surface area contributed by atoms with Crippen LogP contribution in [0.25, 0.3) is 5.57 Å². The van der Waals surface area contributed by atoms with Crippen LogP contribution in [0.4, 0.5) is 4.79 Å². The Labute approximate surface area is 115 Å². The van der Waals surface area contributed by atoms with E-state index < -0.39 is 5.54 Å².